The van der Waals surface area contributed by atoms with E-state index in [4.69, 9.17) is 0 Å². The Balaban J connectivity index is 1.32. The highest BCUT2D eigenvalue weighted by molar-refractivity contribution is 8.00. The van der Waals surface area contributed by atoms with Crippen LogP contribution in [-0.4, -0.2) is 45.9 Å². The Labute approximate surface area is 196 Å². The molecule has 0 radical (unpaired) electrons. The number of aromatic nitrogens is 2. The molecule has 1 aliphatic rings. The quantitative estimate of drug-likeness (QED) is 0.396. The average Bonchev–Trinajstić information content (AvgIpc) is 2.79. The first-order valence-corrected chi connectivity index (χ1v) is 12.1. The minimum atomic E-state index is -4.23. The van der Waals surface area contributed by atoms with E-state index >= 15 is 0 Å². The normalized spacial score (nSPS) is 15.6. The maximum Gasteiger partial charge on any atom is 0.393 e. The zero-order valence-electron chi connectivity index (χ0n) is 18.5. The van der Waals surface area contributed by atoms with Crippen LogP contribution < -0.4 is 10.0 Å². The minimum Gasteiger partial charge on any atom is -0.367 e. The van der Waals surface area contributed by atoms with E-state index in [-0.39, 0.29) is 11.6 Å². The number of anilines is 2. The predicted molar refractivity (Wildman–Crippen MR) is 129 cm³/mol. The van der Waals surface area contributed by atoms with Crippen LogP contribution in [0.3, 0.4) is 0 Å². The molecule has 1 aliphatic heterocycles. The van der Waals surface area contributed by atoms with E-state index in [1.54, 1.807) is 18.0 Å². The van der Waals surface area contributed by atoms with Crippen LogP contribution in [0.2, 0.25) is 0 Å². The van der Waals surface area contributed by atoms with E-state index in [2.05, 4.69) is 56.1 Å². The van der Waals surface area contributed by atoms with Crippen molar-refractivity contribution in [3.05, 3.63) is 59.9 Å². The molecule has 0 atom stereocenters. The Morgan fingerprint density at radius 1 is 1.03 bits per heavy atom. The minimum absolute atomic E-state index is 0.209. The molecule has 0 spiro atoms. The van der Waals surface area contributed by atoms with Gasteiger partial charge in [0.05, 0.1) is 11.9 Å². The average molecular weight is 476 g/mol. The van der Waals surface area contributed by atoms with Crippen molar-refractivity contribution < 1.29 is 13.2 Å². The van der Waals surface area contributed by atoms with Gasteiger partial charge in [-0.1, -0.05) is 37.1 Å². The van der Waals surface area contributed by atoms with Crippen LogP contribution in [0.5, 0.6) is 0 Å². The van der Waals surface area contributed by atoms with E-state index in [1.165, 1.54) is 24.0 Å². The van der Waals surface area contributed by atoms with Crippen molar-refractivity contribution in [3.63, 3.8) is 0 Å². The maximum atomic E-state index is 12.7. The number of nitrogens with zero attached hydrogens (tertiary/aromatic N) is 3. The van der Waals surface area contributed by atoms with Crippen LogP contribution in [0.1, 0.15) is 30.9 Å². The van der Waals surface area contributed by atoms with Crippen LogP contribution in [-0.2, 0) is 13.0 Å². The molecule has 0 amide bonds. The van der Waals surface area contributed by atoms with E-state index in [1.807, 2.05) is 0 Å². The van der Waals surface area contributed by atoms with Gasteiger partial charge in [0.1, 0.15) is 12.1 Å². The second kappa shape index (κ2) is 10.6. The Bertz CT molecular complexity index is 1050. The van der Waals surface area contributed by atoms with Gasteiger partial charge in [0.15, 0.2) is 0 Å². The van der Waals surface area contributed by atoms with Crippen LogP contribution in [0.4, 0.5) is 24.7 Å². The third-order valence-corrected chi connectivity index (χ3v) is 6.40. The summed E-state index contributed by atoms with van der Waals surface area (Å²) in [6.07, 6.45) is -1.82. The van der Waals surface area contributed by atoms with Crippen molar-refractivity contribution >= 4 is 34.4 Å². The molecule has 0 unspecified atom stereocenters. The Morgan fingerprint density at radius 2 is 1.76 bits per heavy atom. The number of halogens is 3. The SMILES string of the molecule is CCSNc1ccc(CN2CCC(Nc3ncnc4cc(CC(F)(F)F)ccc34)CC2)cc1. The third kappa shape index (κ3) is 6.74. The van der Waals surface area contributed by atoms with Crippen LogP contribution >= 0.6 is 11.9 Å². The summed E-state index contributed by atoms with van der Waals surface area (Å²) in [6.45, 7) is 4.99. The number of alkyl halides is 3. The van der Waals surface area contributed by atoms with Gasteiger partial charge >= 0.3 is 6.18 Å². The van der Waals surface area contributed by atoms with Crippen molar-refractivity contribution in [1.82, 2.24) is 14.9 Å². The molecule has 0 saturated carbocycles. The van der Waals surface area contributed by atoms with Crippen LogP contribution in [0.25, 0.3) is 10.9 Å². The fourth-order valence-corrected chi connectivity index (χ4v) is 4.53. The first kappa shape index (κ1) is 23.6. The third-order valence-electron chi connectivity index (χ3n) is 5.73. The summed E-state index contributed by atoms with van der Waals surface area (Å²) in [5.41, 5.74) is 3.16. The molecule has 1 fully saturated rings. The lowest BCUT2D eigenvalue weighted by molar-refractivity contribution is -0.127. The molecule has 9 heteroatoms. The monoisotopic (exact) mass is 475 g/mol. The lowest BCUT2D eigenvalue weighted by Crippen LogP contribution is -2.38. The topological polar surface area (TPSA) is 53.1 Å². The highest BCUT2D eigenvalue weighted by atomic mass is 32.2. The number of likely N-dealkylation sites (tertiary alicyclic amines) is 1. The molecular weight excluding hydrogens is 447 g/mol. The lowest BCUT2D eigenvalue weighted by Gasteiger charge is -2.32. The summed E-state index contributed by atoms with van der Waals surface area (Å²) < 4.78 is 41.4. The van der Waals surface area contributed by atoms with Gasteiger partial charge < -0.3 is 10.0 Å². The standard InChI is InChI=1S/C24H28F3N5S/c1-2-33-31-20-6-3-17(4-7-20)15-32-11-9-19(10-12-32)30-23-21-8-5-18(14-24(25,26)27)13-22(21)28-16-29-23/h3-8,13,16,19,31H,2,9-12,14-15H2,1H3,(H,28,29,30). The van der Waals surface area contributed by atoms with Crippen molar-refractivity contribution in [2.75, 3.05) is 28.9 Å². The Morgan fingerprint density at radius 3 is 2.45 bits per heavy atom. The molecule has 2 aromatic carbocycles. The summed E-state index contributed by atoms with van der Waals surface area (Å²) in [6, 6.07) is 13.5. The largest absolute Gasteiger partial charge is 0.393 e. The van der Waals surface area contributed by atoms with E-state index < -0.39 is 12.6 Å². The fourth-order valence-electron chi connectivity index (χ4n) is 4.08. The van der Waals surface area contributed by atoms with E-state index in [9.17, 15) is 13.2 Å². The lowest BCUT2D eigenvalue weighted by atomic mass is 10.0. The molecule has 2 N–H and O–H groups in total. The number of hydrogen-bond acceptors (Lipinski definition) is 6. The summed E-state index contributed by atoms with van der Waals surface area (Å²) in [7, 11) is 0. The molecule has 1 aromatic heterocycles. The molecular formula is C24H28F3N5S. The highest BCUT2D eigenvalue weighted by Gasteiger charge is 2.28. The molecule has 4 rings (SSSR count). The maximum absolute atomic E-state index is 12.7. The number of fused-ring (bicyclic) bond motifs is 1. The number of hydrogen-bond donors (Lipinski definition) is 2. The van der Waals surface area contributed by atoms with Crippen LogP contribution in [0, 0.1) is 0 Å². The van der Waals surface area contributed by atoms with Gasteiger partial charge in [-0.2, -0.15) is 13.2 Å². The first-order chi connectivity index (χ1) is 15.9. The number of benzene rings is 2. The Kier molecular flexibility index (Phi) is 7.60. The number of rotatable bonds is 8. The molecule has 3 aromatic rings. The predicted octanol–water partition coefficient (Wildman–Crippen LogP) is 5.89. The highest BCUT2D eigenvalue weighted by Crippen LogP contribution is 2.27. The van der Waals surface area contributed by atoms with Crippen molar-refractivity contribution in [1.29, 1.82) is 0 Å². The molecule has 33 heavy (non-hydrogen) atoms. The van der Waals surface area contributed by atoms with Gasteiger partial charge in [-0.15, -0.1) is 0 Å². The van der Waals surface area contributed by atoms with Gasteiger partial charge in [0.2, 0.25) is 0 Å². The second-order valence-corrected chi connectivity index (χ2v) is 9.36. The summed E-state index contributed by atoms with van der Waals surface area (Å²) in [5.74, 6) is 1.71. The van der Waals surface area contributed by atoms with Gasteiger partial charge in [-0.3, -0.25) is 4.90 Å². The van der Waals surface area contributed by atoms with Gasteiger partial charge in [-0.25, -0.2) is 9.97 Å². The Hall–Kier alpha value is -2.52. The van der Waals surface area contributed by atoms with Crippen molar-refractivity contribution in [2.24, 2.45) is 0 Å². The molecule has 176 valence electrons. The van der Waals surface area contributed by atoms with E-state index in [0.717, 1.165) is 49.3 Å². The first-order valence-electron chi connectivity index (χ1n) is 11.2. The zero-order valence-corrected chi connectivity index (χ0v) is 19.3. The van der Waals surface area contributed by atoms with Gasteiger partial charge in [0.25, 0.3) is 0 Å². The van der Waals surface area contributed by atoms with Crippen LogP contribution in [0.15, 0.2) is 48.8 Å². The van der Waals surface area contributed by atoms with Crippen molar-refractivity contribution in [3.8, 4) is 0 Å². The number of nitrogens with one attached hydrogen (secondary N) is 2. The van der Waals surface area contributed by atoms with E-state index in [0.29, 0.717) is 11.3 Å². The molecule has 1 saturated heterocycles. The smallest absolute Gasteiger partial charge is 0.367 e. The zero-order chi connectivity index (χ0) is 23.3. The molecule has 0 bridgehead atoms. The summed E-state index contributed by atoms with van der Waals surface area (Å²) in [5, 5.41) is 4.24. The summed E-state index contributed by atoms with van der Waals surface area (Å²) in [4.78, 5) is 11.0. The summed E-state index contributed by atoms with van der Waals surface area (Å²) >= 11 is 1.69. The van der Waals surface area contributed by atoms with Gasteiger partial charge in [-0.05, 0) is 48.2 Å². The molecule has 5 nitrogen and oxygen atoms in total. The molecule has 0 aliphatic carbocycles. The van der Waals surface area contributed by atoms with Crippen molar-refractivity contribution in [2.45, 2.75) is 44.9 Å². The van der Waals surface area contributed by atoms with Gasteiger partial charge in [0, 0.05) is 42.5 Å². The molecule has 2 heterocycles. The fraction of sp³-hybridized carbons (Fsp3) is 0.417. The number of piperidine rings is 1. The second-order valence-electron chi connectivity index (χ2n) is 8.29.